The minimum Gasteiger partial charge on any atom is -0.477 e. The average Bonchev–Trinajstić information content (AvgIpc) is 2.53. The Bertz CT molecular complexity index is 856. The maximum atomic E-state index is 10.4. The molecule has 0 saturated carbocycles. The van der Waals surface area contributed by atoms with Crippen LogP contribution in [-0.2, 0) is 12.0 Å². The van der Waals surface area contributed by atoms with Crippen LogP contribution in [0.4, 0.5) is 0 Å². The Labute approximate surface area is 146 Å². The number of benzene rings is 2. The highest BCUT2D eigenvalue weighted by atomic mass is 35.5. The van der Waals surface area contributed by atoms with Crippen LogP contribution in [-0.4, -0.2) is 16.7 Å². The summed E-state index contributed by atoms with van der Waals surface area (Å²) in [5.41, 5.74) is 1.62. The van der Waals surface area contributed by atoms with Gasteiger partial charge in [0.15, 0.2) is 0 Å². The van der Waals surface area contributed by atoms with Crippen molar-refractivity contribution >= 4 is 22.5 Å². The zero-order valence-corrected chi connectivity index (χ0v) is 14.5. The van der Waals surface area contributed by atoms with Crippen molar-refractivity contribution in [3.63, 3.8) is 0 Å². The average molecular weight is 342 g/mol. The van der Waals surface area contributed by atoms with E-state index in [4.69, 9.17) is 16.3 Å². The van der Waals surface area contributed by atoms with Gasteiger partial charge in [-0.3, -0.25) is 0 Å². The Balaban J connectivity index is 1.84. The molecule has 1 heterocycles. The number of rotatable bonds is 5. The van der Waals surface area contributed by atoms with Crippen LogP contribution in [0.15, 0.2) is 54.6 Å². The minimum absolute atomic E-state index is 0.467. The van der Waals surface area contributed by atoms with Crippen LogP contribution >= 0.6 is 11.6 Å². The number of aromatic nitrogens is 1. The van der Waals surface area contributed by atoms with Gasteiger partial charge in [-0.05, 0) is 43.7 Å². The Morgan fingerprint density at radius 1 is 1.08 bits per heavy atom. The van der Waals surface area contributed by atoms with Crippen LogP contribution in [0.25, 0.3) is 10.9 Å². The summed E-state index contributed by atoms with van der Waals surface area (Å²) >= 11 is 6.00. The van der Waals surface area contributed by atoms with Crippen molar-refractivity contribution in [2.24, 2.45) is 0 Å². The number of hydrogen-bond donors (Lipinski definition) is 1. The molecule has 0 bridgehead atoms. The lowest BCUT2D eigenvalue weighted by Gasteiger charge is -2.21. The van der Waals surface area contributed by atoms with Gasteiger partial charge in [-0.25, -0.2) is 4.98 Å². The Kier molecular flexibility index (Phi) is 4.74. The molecule has 0 saturated heterocycles. The van der Waals surface area contributed by atoms with E-state index < -0.39 is 5.60 Å². The van der Waals surface area contributed by atoms with Gasteiger partial charge >= 0.3 is 0 Å². The number of para-hydroxylation sites is 1. The van der Waals surface area contributed by atoms with Gasteiger partial charge < -0.3 is 9.84 Å². The number of nitrogens with zero attached hydrogens (tertiary/aromatic N) is 1. The van der Waals surface area contributed by atoms with Crippen molar-refractivity contribution < 1.29 is 9.84 Å². The maximum Gasteiger partial charge on any atom is 0.220 e. The van der Waals surface area contributed by atoms with Crippen molar-refractivity contribution in [3.8, 4) is 5.88 Å². The molecule has 124 valence electrons. The Hall–Kier alpha value is -2.10. The molecule has 2 aromatic carbocycles. The molecule has 4 heteroatoms. The monoisotopic (exact) mass is 341 g/mol. The van der Waals surface area contributed by atoms with Gasteiger partial charge in [0.2, 0.25) is 5.88 Å². The first-order chi connectivity index (χ1) is 11.4. The van der Waals surface area contributed by atoms with Gasteiger partial charge in [-0.15, -0.1) is 0 Å². The summed E-state index contributed by atoms with van der Waals surface area (Å²) in [5, 5.41) is 12.1. The predicted molar refractivity (Wildman–Crippen MR) is 97.6 cm³/mol. The molecule has 0 aliphatic rings. The normalized spacial score (nSPS) is 11.7. The maximum absolute atomic E-state index is 10.4. The summed E-state index contributed by atoms with van der Waals surface area (Å²) in [6.07, 6.45) is 0.723. The second kappa shape index (κ2) is 6.80. The highest BCUT2D eigenvalue weighted by molar-refractivity contribution is 6.30. The number of pyridine rings is 1. The quantitative estimate of drug-likeness (QED) is 0.729. The molecular weight excluding hydrogens is 322 g/mol. The lowest BCUT2D eigenvalue weighted by Crippen LogP contribution is -2.18. The number of ether oxygens (including phenoxy) is 1. The Morgan fingerprint density at radius 2 is 1.88 bits per heavy atom. The highest BCUT2D eigenvalue weighted by Gasteiger charge is 2.23. The van der Waals surface area contributed by atoms with Crippen LogP contribution in [0, 0.1) is 0 Å². The fraction of sp³-hybridized carbons (Fsp3) is 0.250. The third-order valence-corrected chi connectivity index (χ3v) is 4.10. The number of hydrogen-bond acceptors (Lipinski definition) is 3. The molecule has 24 heavy (non-hydrogen) atoms. The first kappa shape index (κ1) is 16.7. The lowest BCUT2D eigenvalue weighted by atomic mass is 9.98. The highest BCUT2D eigenvalue weighted by Crippen LogP contribution is 2.31. The molecule has 0 aliphatic carbocycles. The molecular formula is C20H20ClNO2. The van der Waals surface area contributed by atoms with Crippen molar-refractivity contribution in [1.82, 2.24) is 4.98 Å². The van der Waals surface area contributed by atoms with Crippen LogP contribution < -0.4 is 4.74 Å². The molecule has 0 fully saturated rings. The Morgan fingerprint density at radius 3 is 2.62 bits per heavy atom. The van der Waals surface area contributed by atoms with Crippen LogP contribution in [0.2, 0.25) is 5.02 Å². The summed E-state index contributed by atoms with van der Waals surface area (Å²) in [6.45, 7) is 3.94. The molecule has 3 rings (SSSR count). The molecule has 3 aromatic rings. The summed E-state index contributed by atoms with van der Waals surface area (Å²) in [5.74, 6) is 0.475. The number of fused-ring (bicyclic) bond motifs is 1. The van der Waals surface area contributed by atoms with Gasteiger partial charge in [0.05, 0.1) is 17.7 Å². The third-order valence-electron chi connectivity index (χ3n) is 3.87. The zero-order valence-electron chi connectivity index (χ0n) is 13.8. The molecule has 1 aromatic heterocycles. The van der Waals surface area contributed by atoms with E-state index in [0.29, 0.717) is 23.1 Å². The third kappa shape index (κ3) is 3.86. The molecule has 0 radical (unpaired) electrons. The standard InChI is InChI=1S/C20H20ClNO2/c1-20(2,23)17-13-15-7-3-4-9-18(15)22-19(17)24-11-10-14-6-5-8-16(21)12-14/h3-9,12-13,23H,10-11H2,1-2H3. The van der Waals surface area contributed by atoms with Crippen molar-refractivity contribution in [2.75, 3.05) is 6.61 Å². The van der Waals surface area contributed by atoms with Gasteiger partial charge in [-0.2, -0.15) is 0 Å². The summed E-state index contributed by atoms with van der Waals surface area (Å²) in [6, 6.07) is 17.5. The fourth-order valence-corrected chi connectivity index (χ4v) is 2.82. The first-order valence-corrected chi connectivity index (χ1v) is 8.31. The number of halogens is 1. The van der Waals surface area contributed by atoms with Gasteiger partial charge in [0, 0.05) is 22.4 Å². The van der Waals surface area contributed by atoms with Gasteiger partial charge in [-0.1, -0.05) is 41.9 Å². The van der Waals surface area contributed by atoms with E-state index in [1.165, 1.54) is 0 Å². The zero-order chi connectivity index (χ0) is 17.2. The van der Waals surface area contributed by atoms with E-state index >= 15 is 0 Å². The minimum atomic E-state index is -1.03. The van der Waals surface area contributed by atoms with Gasteiger partial charge in [0.25, 0.3) is 0 Å². The summed E-state index contributed by atoms with van der Waals surface area (Å²) in [7, 11) is 0. The molecule has 0 aliphatic heterocycles. The van der Waals surface area contributed by atoms with Crippen LogP contribution in [0.1, 0.15) is 25.0 Å². The molecule has 0 amide bonds. The predicted octanol–water partition coefficient (Wildman–Crippen LogP) is 4.74. The van der Waals surface area contributed by atoms with Crippen molar-refractivity contribution in [2.45, 2.75) is 25.9 Å². The lowest BCUT2D eigenvalue weighted by molar-refractivity contribution is 0.0741. The SMILES string of the molecule is CC(C)(O)c1cc2ccccc2nc1OCCc1cccc(Cl)c1. The van der Waals surface area contributed by atoms with E-state index in [-0.39, 0.29) is 0 Å². The first-order valence-electron chi connectivity index (χ1n) is 7.93. The number of aliphatic hydroxyl groups is 1. The van der Waals surface area contributed by atoms with E-state index in [2.05, 4.69) is 4.98 Å². The molecule has 0 unspecified atom stereocenters. The van der Waals surface area contributed by atoms with Crippen LogP contribution in [0.5, 0.6) is 5.88 Å². The second-order valence-electron chi connectivity index (χ2n) is 6.32. The fourth-order valence-electron chi connectivity index (χ4n) is 2.60. The molecule has 1 N–H and O–H groups in total. The van der Waals surface area contributed by atoms with Crippen molar-refractivity contribution in [1.29, 1.82) is 0 Å². The van der Waals surface area contributed by atoms with E-state index in [1.54, 1.807) is 13.8 Å². The second-order valence-corrected chi connectivity index (χ2v) is 6.76. The topological polar surface area (TPSA) is 42.4 Å². The van der Waals surface area contributed by atoms with Gasteiger partial charge in [0.1, 0.15) is 0 Å². The summed E-state index contributed by atoms with van der Waals surface area (Å²) in [4.78, 5) is 4.58. The smallest absolute Gasteiger partial charge is 0.220 e. The molecule has 0 spiro atoms. The van der Waals surface area contributed by atoms with E-state index in [9.17, 15) is 5.11 Å². The van der Waals surface area contributed by atoms with Crippen molar-refractivity contribution in [3.05, 3.63) is 70.7 Å². The summed E-state index contributed by atoms with van der Waals surface area (Å²) < 4.78 is 5.90. The van der Waals surface area contributed by atoms with Crippen LogP contribution in [0.3, 0.4) is 0 Å². The van der Waals surface area contributed by atoms with E-state index in [1.807, 2.05) is 54.6 Å². The van der Waals surface area contributed by atoms with E-state index in [0.717, 1.165) is 22.9 Å². The largest absolute Gasteiger partial charge is 0.477 e. The molecule has 3 nitrogen and oxygen atoms in total. The molecule has 0 atom stereocenters.